The number of rotatable bonds is 4. The van der Waals surface area contributed by atoms with Gasteiger partial charge in [-0.1, -0.05) is 18.2 Å². The molecule has 8 nitrogen and oxygen atoms in total. The van der Waals surface area contributed by atoms with Crippen molar-refractivity contribution in [2.24, 2.45) is 5.73 Å². The molecule has 24 heavy (non-hydrogen) atoms. The van der Waals surface area contributed by atoms with Crippen molar-refractivity contribution >= 4 is 22.8 Å². The Morgan fingerprint density at radius 3 is 2.79 bits per heavy atom. The zero-order valence-corrected chi connectivity index (χ0v) is 12.5. The van der Waals surface area contributed by atoms with Crippen LogP contribution in [0.2, 0.25) is 0 Å². The Balaban J connectivity index is 1.72. The van der Waals surface area contributed by atoms with Gasteiger partial charge in [-0.3, -0.25) is 0 Å². The van der Waals surface area contributed by atoms with E-state index in [9.17, 15) is 9.59 Å². The molecule has 0 aliphatic heterocycles. The van der Waals surface area contributed by atoms with Crippen molar-refractivity contribution in [3.05, 3.63) is 54.7 Å². The second-order valence-electron chi connectivity index (χ2n) is 5.12. The van der Waals surface area contributed by atoms with Crippen molar-refractivity contribution in [2.75, 3.05) is 0 Å². The largest absolute Gasteiger partial charge is 0.464 e. The molecule has 1 atom stereocenters. The van der Waals surface area contributed by atoms with Crippen LogP contribution in [-0.2, 0) is 11.2 Å². The molecule has 0 radical (unpaired) electrons. The number of hydrogen-bond acceptors (Lipinski definition) is 6. The lowest BCUT2D eigenvalue weighted by Crippen LogP contribution is -2.36. The zero-order chi connectivity index (χ0) is 17.1. The molecule has 122 valence electrons. The number of hydrogen-bond donors (Lipinski definition) is 2. The molecule has 0 amide bonds. The normalized spacial score (nSPS) is 12.0. The summed E-state index contributed by atoms with van der Waals surface area (Å²) < 4.78 is 6.18. The third kappa shape index (κ3) is 3.23. The lowest BCUT2D eigenvalue weighted by atomic mass is 10.1. The Hall–Kier alpha value is -3.26. The number of carbonyl (C=O) groups is 2. The first-order valence-electron chi connectivity index (χ1n) is 7.12. The lowest BCUT2D eigenvalue weighted by molar-refractivity contribution is -0.136. The van der Waals surface area contributed by atoms with Crippen LogP contribution in [0.25, 0.3) is 10.8 Å². The quantitative estimate of drug-likeness (QED) is 0.696. The maximum Gasteiger partial charge on any atom is 0.416 e. The Labute approximate surface area is 136 Å². The van der Waals surface area contributed by atoms with Gasteiger partial charge in [0.2, 0.25) is 5.88 Å². The molecule has 0 unspecified atom stereocenters. The maximum atomic E-state index is 12.2. The van der Waals surface area contributed by atoms with Gasteiger partial charge in [-0.15, -0.1) is 0 Å². The number of nitrogens with zero attached hydrogens (tertiary/aromatic N) is 3. The average Bonchev–Trinajstić information content (AvgIpc) is 3.04. The third-order valence-electron chi connectivity index (χ3n) is 3.42. The number of benzene rings is 1. The molecule has 2 aromatic heterocycles. The summed E-state index contributed by atoms with van der Waals surface area (Å²) in [5.74, 6) is -0.478. The third-order valence-corrected chi connectivity index (χ3v) is 3.42. The fourth-order valence-corrected chi connectivity index (χ4v) is 2.23. The first kappa shape index (κ1) is 15.6. The zero-order valence-electron chi connectivity index (χ0n) is 12.5. The fourth-order valence-electron chi connectivity index (χ4n) is 2.23. The molecule has 0 spiro atoms. The maximum absolute atomic E-state index is 12.2. The van der Waals surface area contributed by atoms with Gasteiger partial charge in [-0.25, -0.2) is 24.1 Å². The van der Waals surface area contributed by atoms with Crippen molar-refractivity contribution in [3.8, 4) is 5.88 Å². The van der Waals surface area contributed by atoms with Gasteiger partial charge in [0.25, 0.3) is 0 Å². The van der Waals surface area contributed by atoms with Gasteiger partial charge < -0.3 is 15.6 Å². The van der Waals surface area contributed by atoms with Crippen LogP contribution in [0, 0.1) is 0 Å². The van der Waals surface area contributed by atoms with E-state index in [1.54, 1.807) is 12.3 Å². The van der Waals surface area contributed by atoms with E-state index in [0.717, 1.165) is 16.3 Å². The topological polar surface area (TPSA) is 120 Å². The number of aromatic nitrogens is 3. The number of carboxylic acid groups (broad SMARTS) is 1. The Bertz CT molecular complexity index is 900. The Morgan fingerprint density at radius 1 is 1.25 bits per heavy atom. The summed E-state index contributed by atoms with van der Waals surface area (Å²) in [4.78, 5) is 30.9. The SMILES string of the molecule is N[C@@H](Cc1cn(C(=O)O)cn1)C(=O)Oc1nccc2ccccc12. The second kappa shape index (κ2) is 6.47. The molecule has 0 bridgehead atoms. The van der Waals surface area contributed by atoms with Gasteiger partial charge >= 0.3 is 12.1 Å². The lowest BCUT2D eigenvalue weighted by Gasteiger charge is -2.10. The van der Waals surface area contributed by atoms with Crippen LogP contribution in [0.4, 0.5) is 4.79 Å². The number of pyridine rings is 1. The molecule has 0 saturated carbocycles. The summed E-state index contributed by atoms with van der Waals surface area (Å²) in [5.41, 5.74) is 6.21. The number of nitrogens with two attached hydrogens (primary N) is 1. The van der Waals surface area contributed by atoms with E-state index in [2.05, 4.69) is 9.97 Å². The Kier molecular flexibility index (Phi) is 4.21. The van der Waals surface area contributed by atoms with Crippen LogP contribution in [0.15, 0.2) is 49.1 Å². The number of imidazole rings is 1. The van der Waals surface area contributed by atoms with Crippen LogP contribution in [0.5, 0.6) is 5.88 Å². The second-order valence-corrected chi connectivity index (χ2v) is 5.12. The molecule has 3 aromatic rings. The van der Waals surface area contributed by atoms with Crippen LogP contribution in [0.1, 0.15) is 5.69 Å². The van der Waals surface area contributed by atoms with Crippen LogP contribution >= 0.6 is 0 Å². The molecule has 1 aromatic carbocycles. The summed E-state index contributed by atoms with van der Waals surface area (Å²) in [6.07, 6.45) is 2.88. The minimum Gasteiger partial charge on any atom is -0.464 e. The molecule has 2 heterocycles. The summed E-state index contributed by atoms with van der Waals surface area (Å²) in [7, 11) is 0. The smallest absolute Gasteiger partial charge is 0.416 e. The van der Waals surface area contributed by atoms with Crippen molar-refractivity contribution in [2.45, 2.75) is 12.5 Å². The van der Waals surface area contributed by atoms with Crippen molar-refractivity contribution in [1.82, 2.24) is 14.5 Å². The van der Waals surface area contributed by atoms with Gasteiger partial charge in [0.1, 0.15) is 12.4 Å². The molecule has 0 aliphatic rings. The summed E-state index contributed by atoms with van der Waals surface area (Å²) in [6, 6.07) is 8.20. The average molecular weight is 326 g/mol. The number of esters is 1. The van der Waals surface area contributed by atoms with Crippen molar-refractivity contribution in [1.29, 1.82) is 0 Å². The minimum absolute atomic E-state index is 0.0594. The van der Waals surface area contributed by atoms with E-state index >= 15 is 0 Å². The standard InChI is InChI=1S/C16H14N4O4/c17-13(7-11-8-20(9-19-11)16(22)23)15(21)24-14-12-4-2-1-3-10(12)5-6-18-14/h1-6,8-9,13H,7,17H2,(H,22,23)/t13-/m0/s1. The number of ether oxygens (including phenoxy) is 1. The molecule has 0 fully saturated rings. The van der Waals surface area contributed by atoms with Crippen LogP contribution < -0.4 is 10.5 Å². The van der Waals surface area contributed by atoms with E-state index in [1.807, 2.05) is 24.3 Å². The van der Waals surface area contributed by atoms with Crippen molar-refractivity contribution < 1.29 is 19.4 Å². The molecule has 0 aliphatic carbocycles. The summed E-state index contributed by atoms with van der Waals surface area (Å²) in [6.45, 7) is 0. The fraction of sp³-hybridized carbons (Fsp3) is 0.125. The van der Waals surface area contributed by atoms with Crippen LogP contribution in [-0.4, -0.2) is 37.7 Å². The highest BCUT2D eigenvalue weighted by Gasteiger charge is 2.20. The van der Waals surface area contributed by atoms with E-state index in [-0.39, 0.29) is 12.3 Å². The minimum atomic E-state index is -1.16. The highest BCUT2D eigenvalue weighted by Crippen LogP contribution is 2.22. The molecule has 3 N–H and O–H groups in total. The van der Waals surface area contributed by atoms with Crippen LogP contribution in [0.3, 0.4) is 0 Å². The van der Waals surface area contributed by atoms with Gasteiger partial charge in [0.05, 0.1) is 5.69 Å². The first-order chi connectivity index (χ1) is 11.5. The van der Waals surface area contributed by atoms with E-state index in [4.69, 9.17) is 15.6 Å². The summed E-state index contributed by atoms with van der Waals surface area (Å²) >= 11 is 0. The van der Waals surface area contributed by atoms with E-state index in [1.165, 1.54) is 6.20 Å². The first-order valence-corrected chi connectivity index (χ1v) is 7.12. The molecule has 8 heteroatoms. The van der Waals surface area contributed by atoms with Gasteiger partial charge in [-0.2, -0.15) is 0 Å². The monoisotopic (exact) mass is 326 g/mol. The van der Waals surface area contributed by atoms with Crippen molar-refractivity contribution in [3.63, 3.8) is 0 Å². The molecule has 3 rings (SSSR count). The molecular formula is C16H14N4O4. The number of carbonyl (C=O) groups excluding carboxylic acids is 1. The van der Waals surface area contributed by atoms with E-state index < -0.39 is 18.1 Å². The van der Waals surface area contributed by atoms with E-state index in [0.29, 0.717) is 11.1 Å². The highest BCUT2D eigenvalue weighted by atomic mass is 16.5. The molecular weight excluding hydrogens is 312 g/mol. The van der Waals surface area contributed by atoms with Gasteiger partial charge in [0.15, 0.2) is 0 Å². The Morgan fingerprint density at radius 2 is 2.04 bits per heavy atom. The molecule has 0 saturated heterocycles. The summed E-state index contributed by atoms with van der Waals surface area (Å²) in [5, 5.41) is 10.4. The van der Waals surface area contributed by atoms with Gasteiger partial charge in [0, 0.05) is 24.2 Å². The predicted octanol–water partition coefficient (Wildman–Crippen LogP) is 1.43. The van der Waals surface area contributed by atoms with Gasteiger partial charge in [-0.05, 0) is 17.5 Å². The predicted molar refractivity (Wildman–Crippen MR) is 84.7 cm³/mol. The highest BCUT2D eigenvalue weighted by molar-refractivity contribution is 5.89. The number of fused-ring (bicyclic) bond motifs is 1.